The summed E-state index contributed by atoms with van der Waals surface area (Å²) < 4.78 is 1.14. The highest BCUT2D eigenvalue weighted by molar-refractivity contribution is 9.10. The van der Waals surface area contributed by atoms with Gasteiger partial charge in [0, 0.05) is 21.2 Å². The lowest BCUT2D eigenvalue weighted by molar-refractivity contribution is 0.741. The summed E-state index contributed by atoms with van der Waals surface area (Å²) in [5, 5.41) is 0. The fourth-order valence-corrected chi connectivity index (χ4v) is 3.77. The highest BCUT2D eigenvalue weighted by atomic mass is 79.9. The summed E-state index contributed by atoms with van der Waals surface area (Å²) in [6.07, 6.45) is 0.940. The van der Waals surface area contributed by atoms with Crippen LogP contribution in [-0.4, -0.2) is 11.8 Å². The predicted octanol–water partition coefficient (Wildman–Crippen LogP) is 4.73. The summed E-state index contributed by atoms with van der Waals surface area (Å²) in [5.74, 6) is 0.927. The van der Waals surface area contributed by atoms with E-state index in [1.54, 1.807) is 0 Å². The van der Waals surface area contributed by atoms with Crippen LogP contribution in [0.2, 0.25) is 0 Å². The van der Waals surface area contributed by atoms with Crippen LogP contribution in [0.3, 0.4) is 0 Å². The van der Waals surface area contributed by atoms with Crippen molar-refractivity contribution < 1.29 is 0 Å². The summed E-state index contributed by atoms with van der Waals surface area (Å²) in [5.41, 5.74) is 10.4. The quantitative estimate of drug-likeness (QED) is 0.789. The minimum Gasteiger partial charge on any atom is -0.327 e. The van der Waals surface area contributed by atoms with E-state index in [0.29, 0.717) is 0 Å². The zero-order chi connectivity index (χ0) is 14.5. The number of rotatable bonds is 5. The number of aryl methyl sites for hydroxylation is 2. The van der Waals surface area contributed by atoms with Crippen molar-refractivity contribution in [2.45, 2.75) is 31.2 Å². The van der Waals surface area contributed by atoms with E-state index in [4.69, 9.17) is 5.73 Å². The van der Waals surface area contributed by atoms with Crippen molar-refractivity contribution in [1.82, 2.24) is 0 Å². The molecule has 1 atom stereocenters. The van der Waals surface area contributed by atoms with Crippen LogP contribution < -0.4 is 5.73 Å². The van der Waals surface area contributed by atoms with Gasteiger partial charge in [-0.3, -0.25) is 0 Å². The van der Waals surface area contributed by atoms with Crippen LogP contribution in [0, 0.1) is 13.8 Å². The van der Waals surface area contributed by atoms with Gasteiger partial charge >= 0.3 is 0 Å². The maximum Gasteiger partial charge on any atom is 0.0311 e. The maximum atomic E-state index is 6.31. The third-order valence-electron chi connectivity index (χ3n) is 3.40. The first kappa shape index (κ1) is 15.6. The molecule has 3 heteroatoms. The van der Waals surface area contributed by atoms with Crippen LogP contribution in [0.25, 0.3) is 0 Å². The molecule has 0 heterocycles. The number of benzene rings is 2. The van der Waals surface area contributed by atoms with Crippen molar-refractivity contribution in [2.75, 3.05) is 5.75 Å². The topological polar surface area (TPSA) is 26.0 Å². The van der Waals surface area contributed by atoms with Crippen molar-refractivity contribution in [3.8, 4) is 0 Å². The summed E-state index contributed by atoms with van der Waals surface area (Å²) in [6.45, 7) is 4.33. The van der Waals surface area contributed by atoms with Gasteiger partial charge in [0.1, 0.15) is 0 Å². The number of thioether (sulfide) groups is 1. The molecule has 0 saturated heterocycles. The first-order valence-corrected chi connectivity index (χ1v) is 8.54. The van der Waals surface area contributed by atoms with E-state index in [1.807, 2.05) is 17.8 Å². The van der Waals surface area contributed by atoms with Crippen LogP contribution in [0.5, 0.6) is 0 Å². The van der Waals surface area contributed by atoms with E-state index in [9.17, 15) is 0 Å². The van der Waals surface area contributed by atoms with Crippen LogP contribution >= 0.6 is 27.7 Å². The monoisotopic (exact) mass is 349 g/mol. The Kier molecular flexibility index (Phi) is 5.70. The molecule has 1 unspecified atom stereocenters. The molecule has 0 aliphatic rings. The van der Waals surface area contributed by atoms with E-state index >= 15 is 0 Å². The summed E-state index contributed by atoms with van der Waals surface area (Å²) >= 11 is 5.39. The van der Waals surface area contributed by atoms with Gasteiger partial charge in [0.25, 0.3) is 0 Å². The Labute approximate surface area is 134 Å². The minimum absolute atomic E-state index is 0.173. The summed E-state index contributed by atoms with van der Waals surface area (Å²) in [7, 11) is 0. The molecule has 2 aromatic carbocycles. The maximum absolute atomic E-state index is 6.31. The fourth-order valence-electron chi connectivity index (χ4n) is 2.25. The van der Waals surface area contributed by atoms with Gasteiger partial charge in [-0.05, 0) is 65.0 Å². The molecule has 1 nitrogen and oxygen atoms in total. The fraction of sp³-hybridized carbons (Fsp3) is 0.294. The average molecular weight is 350 g/mol. The highest BCUT2D eigenvalue weighted by Crippen LogP contribution is 2.27. The minimum atomic E-state index is 0.173. The van der Waals surface area contributed by atoms with E-state index in [-0.39, 0.29) is 6.04 Å². The second-order valence-electron chi connectivity index (χ2n) is 5.08. The second kappa shape index (κ2) is 7.30. The van der Waals surface area contributed by atoms with Crippen molar-refractivity contribution >= 4 is 27.7 Å². The molecule has 0 amide bonds. The number of halogens is 1. The Morgan fingerprint density at radius 3 is 2.35 bits per heavy atom. The van der Waals surface area contributed by atoms with Gasteiger partial charge in [-0.2, -0.15) is 0 Å². The van der Waals surface area contributed by atoms with Gasteiger partial charge in [0.15, 0.2) is 0 Å². The van der Waals surface area contributed by atoms with E-state index in [0.717, 1.165) is 16.6 Å². The van der Waals surface area contributed by atoms with Crippen LogP contribution in [0.4, 0.5) is 0 Å². The molecule has 0 saturated carbocycles. The summed E-state index contributed by atoms with van der Waals surface area (Å²) in [4.78, 5) is 1.25. The van der Waals surface area contributed by atoms with Gasteiger partial charge in [-0.25, -0.2) is 0 Å². The molecular formula is C17H20BrNS. The Hall–Kier alpha value is -0.770. The molecule has 2 aromatic rings. The molecule has 0 aliphatic carbocycles. The van der Waals surface area contributed by atoms with Crippen molar-refractivity contribution in [1.29, 1.82) is 0 Å². The molecule has 20 heavy (non-hydrogen) atoms. The summed E-state index contributed by atoms with van der Waals surface area (Å²) in [6, 6.07) is 14.9. The van der Waals surface area contributed by atoms with Crippen LogP contribution in [0.1, 0.15) is 16.7 Å². The van der Waals surface area contributed by atoms with Gasteiger partial charge in [0.2, 0.25) is 0 Å². The Morgan fingerprint density at radius 1 is 1.05 bits per heavy atom. The number of hydrogen-bond acceptors (Lipinski definition) is 2. The molecule has 2 N–H and O–H groups in total. The molecule has 2 rings (SSSR count). The SMILES string of the molecule is Cc1cccc(C)c1CC(N)CSc1ccccc1Br. The van der Waals surface area contributed by atoms with Gasteiger partial charge in [0.05, 0.1) is 0 Å². The number of hydrogen-bond donors (Lipinski definition) is 1. The molecule has 0 fully saturated rings. The molecule has 0 bridgehead atoms. The Morgan fingerprint density at radius 2 is 1.70 bits per heavy atom. The Bertz CT molecular complexity index is 563. The largest absolute Gasteiger partial charge is 0.327 e. The molecule has 0 radical (unpaired) electrons. The van der Waals surface area contributed by atoms with E-state index < -0.39 is 0 Å². The van der Waals surface area contributed by atoms with Crippen LogP contribution in [-0.2, 0) is 6.42 Å². The molecule has 0 spiro atoms. The predicted molar refractivity (Wildman–Crippen MR) is 92.5 cm³/mol. The molecular weight excluding hydrogens is 330 g/mol. The van der Waals surface area contributed by atoms with Crippen molar-refractivity contribution in [3.05, 3.63) is 63.6 Å². The molecule has 106 valence electrons. The normalized spacial score (nSPS) is 12.4. The van der Waals surface area contributed by atoms with Gasteiger partial charge in [-0.15, -0.1) is 11.8 Å². The zero-order valence-corrected chi connectivity index (χ0v) is 14.3. The van der Waals surface area contributed by atoms with Gasteiger partial charge in [-0.1, -0.05) is 30.3 Å². The van der Waals surface area contributed by atoms with E-state index in [2.05, 4.69) is 66.2 Å². The smallest absolute Gasteiger partial charge is 0.0311 e. The first-order chi connectivity index (χ1) is 9.58. The second-order valence-corrected chi connectivity index (χ2v) is 6.99. The van der Waals surface area contributed by atoms with Crippen molar-refractivity contribution in [3.63, 3.8) is 0 Å². The lowest BCUT2D eigenvalue weighted by Gasteiger charge is -2.15. The molecule has 0 aliphatic heterocycles. The average Bonchev–Trinajstić information content (AvgIpc) is 2.42. The van der Waals surface area contributed by atoms with Gasteiger partial charge < -0.3 is 5.73 Å². The lowest BCUT2D eigenvalue weighted by atomic mass is 9.97. The third kappa shape index (κ3) is 4.11. The highest BCUT2D eigenvalue weighted by Gasteiger charge is 2.10. The lowest BCUT2D eigenvalue weighted by Crippen LogP contribution is -2.26. The number of nitrogens with two attached hydrogens (primary N) is 1. The third-order valence-corrected chi connectivity index (χ3v) is 5.62. The molecule has 0 aromatic heterocycles. The Balaban J connectivity index is 1.96. The standard InChI is InChI=1S/C17H20BrNS/c1-12-6-5-7-13(2)15(12)10-14(19)11-20-17-9-4-3-8-16(17)18/h3-9,14H,10-11,19H2,1-2H3. The first-order valence-electron chi connectivity index (χ1n) is 6.76. The van der Waals surface area contributed by atoms with Crippen LogP contribution in [0.15, 0.2) is 51.8 Å². The van der Waals surface area contributed by atoms with E-state index in [1.165, 1.54) is 21.6 Å². The zero-order valence-electron chi connectivity index (χ0n) is 11.9. The van der Waals surface area contributed by atoms with Crippen molar-refractivity contribution in [2.24, 2.45) is 5.73 Å².